The van der Waals surface area contributed by atoms with Crippen molar-refractivity contribution in [3.8, 4) is 6.07 Å². The van der Waals surface area contributed by atoms with E-state index in [0.29, 0.717) is 10.7 Å². The molecule has 90 valence electrons. The molecule has 3 nitrogen and oxygen atoms in total. The van der Waals surface area contributed by atoms with Gasteiger partial charge in [0, 0.05) is 13.1 Å². The van der Waals surface area contributed by atoms with Gasteiger partial charge in [0.1, 0.15) is 11.0 Å². The lowest BCUT2D eigenvalue weighted by Crippen LogP contribution is -2.27. The molecule has 1 aliphatic carbocycles. The molecule has 0 aliphatic heterocycles. The molecule has 0 saturated heterocycles. The maximum absolute atomic E-state index is 8.94. The molecule has 0 aromatic carbocycles. The molecule has 0 bridgehead atoms. The van der Waals surface area contributed by atoms with Crippen LogP contribution in [-0.2, 0) is 0 Å². The van der Waals surface area contributed by atoms with Crippen LogP contribution in [0.3, 0.4) is 0 Å². The third kappa shape index (κ3) is 3.34. The van der Waals surface area contributed by atoms with Crippen molar-refractivity contribution in [1.82, 2.24) is 4.98 Å². The summed E-state index contributed by atoms with van der Waals surface area (Å²) in [6.07, 6.45) is 3.70. The number of rotatable bonds is 5. The first-order chi connectivity index (χ1) is 8.22. The molecule has 0 unspecified atom stereocenters. The molecule has 0 amide bonds. The number of halogens is 1. The second kappa shape index (κ2) is 5.37. The van der Waals surface area contributed by atoms with Gasteiger partial charge in [0.05, 0.1) is 11.6 Å². The van der Waals surface area contributed by atoms with E-state index in [1.807, 2.05) is 6.07 Å². The summed E-state index contributed by atoms with van der Waals surface area (Å²) in [6, 6.07) is 5.55. The van der Waals surface area contributed by atoms with Gasteiger partial charge in [0.25, 0.3) is 0 Å². The van der Waals surface area contributed by atoms with Gasteiger partial charge in [0.15, 0.2) is 0 Å². The summed E-state index contributed by atoms with van der Waals surface area (Å²) in [5, 5.41) is 9.34. The topological polar surface area (TPSA) is 39.9 Å². The van der Waals surface area contributed by atoms with Gasteiger partial charge >= 0.3 is 0 Å². The van der Waals surface area contributed by atoms with Crippen LogP contribution in [0, 0.1) is 17.2 Å². The normalized spacial score (nSPS) is 14.4. The standard InChI is InChI=1S/C13H16ClN3/c1-2-5-17(9-10-3-4-10)13-7-11(8-15)6-12(14)16-13/h6-7,10H,2-5,9H2,1H3. The van der Waals surface area contributed by atoms with Gasteiger partial charge < -0.3 is 4.90 Å². The Morgan fingerprint density at radius 2 is 2.29 bits per heavy atom. The van der Waals surface area contributed by atoms with Crippen molar-refractivity contribution in [2.75, 3.05) is 18.0 Å². The third-order valence-electron chi connectivity index (χ3n) is 2.90. The maximum Gasteiger partial charge on any atom is 0.132 e. The maximum atomic E-state index is 8.94. The van der Waals surface area contributed by atoms with E-state index in [0.717, 1.165) is 31.2 Å². The fourth-order valence-electron chi connectivity index (χ4n) is 1.89. The molecule has 1 saturated carbocycles. The first-order valence-electron chi connectivity index (χ1n) is 6.05. The molecule has 1 aromatic heterocycles. The molecule has 17 heavy (non-hydrogen) atoms. The Kier molecular flexibility index (Phi) is 3.86. The second-order valence-corrected chi connectivity index (χ2v) is 4.93. The molecule has 1 heterocycles. The van der Waals surface area contributed by atoms with Crippen molar-refractivity contribution in [1.29, 1.82) is 5.26 Å². The van der Waals surface area contributed by atoms with Crippen LogP contribution in [-0.4, -0.2) is 18.1 Å². The summed E-state index contributed by atoms with van der Waals surface area (Å²) in [6.45, 7) is 4.15. The quantitative estimate of drug-likeness (QED) is 0.753. The molecular formula is C13H16ClN3. The van der Waals surface area contributed by atoms with Crippen LogP contribution in [0.25, 0.3) is 0 Å². The summed E-state index contributed by atoms with van der Waals surface area (Å²) in [5.74, 6) is 1.63. The van der Waals surface area contributed by atoms with Gasteiger partial charge in [-0.25, -0.2) is 4.98 Å². The third-order valence-corrected chi connectivity index (χ3v) is 3.10. The van der Waals surface area contributed by atoms with Crippen LogP contribution in [0.2, 0.25) is 5.15 Å². The minimum atomic E-state index is 0.399. The molecule has 4 heteroatoms. The molecular weight excluding hydrogens is 234 g/mol. The Morgan fingerprint density at radius 1 is 1.53 bits per heavy atom. The zero-order chi connectivity index (χ0) is 12.3. The van der Waals surface area contributed by atoms with Crippen molar-refractivity contribution >= 4 is 17.4 Å². The van der Waals surface area contributed by atoms with Crippen molar-refractivity contribution in [3.63, 3.8) is 0 Å². The lowest BCUT2D eigenvalue weighted by atomic mass is 10.2. The van der Waals surface area contributed by atoms with Gasteiger partial charge in [-0.3, -0.25) is 0 Å². The lowest BCUT2D eigenvalue weighted by Gasteiger charge is -2.23. The van der Waals surface area contributed by atoms with Crippen LogP contribution < -0.4 is 4.90 Å². The highest BCUT2D eigenvalue weighted by molar-refractivity contribution is 6.29. The summed E-state index contributed by atoms with van der Waals surface area (Å²) >= 11 is 5.94. The first kappa shape index (κ1) is 12.2. The SMILES string of the molecule is CCCN(CC1CC1)c1cc(C#N)cc(Cl)n1. The second-order valence-electron chi connectivity index (χ2n) is 4.54. The van der Waals surface area contributed by atoms with Crippen LogP contribution >= 0.6 is 11.6 Å². The van der Waals surface area contributed by atoms with Crippen molar-refractivity contribution in [3.05, 3.63) is 22.8 Å². The zero-order valence-corrected chi connectivity index (χ0v) is 10.7. The van der Waals surface area contributed by atoms with E-state index < -0.39 is 0 Å². The largest absolute Gasteiger partial charge is 0.356 e. The van der Waals surface area contributed by atoms with E-state index in [2.05, 4.69) is 22.9 Å². The summed E-state index contributed by atoms with van der Waals surface area (Å²) in [7, 11) is 0. The number of pyridine rings is 1. The van der Waals surface area contributed by atoms with E-state index in [1.165, 1.54) is 12.8 Å². The number of anilines is 1. The van der Waals surface area contributed by atoms with E-state index in [-0.39, 0.29) is 0 Å². The highest BCUT2D eigenvalue weighted by Crippen LogP contribution is 2.31. The predicted molar refractivity (Wildman–Crippen MR) is 69.2 cm³/mol. The van der Waals surface area contributed by atoms with Crippen LogP contribution in [0.4, 0.5) is 5.82 Å². The van der Waals surface area contributed by atoms with Gasteiger partial charge in [0.2, 0.25) is 0 Å². The number of nitriles is 1. The Labute approximate surface area is 107 Å². The molecule has 2 rings (SSSR count). The number of nitrogens with zero attached hydrogens (tertiary/aromatic N) is 3. The Bertz CT molecular complexity index is 435. The lowest BCUT2D eigenvalue weighted by molar-refractivity contribution is 0.699. The van der Waals surface area contributed by atoms with Gasteiger partial charge in [-0.1, -0.05) is 18.5 Å². The summed E-state index contributed by atoms with van der Waals surface area (Å²) < 4.78 is 0. The average molecular weight is 250 g/mol. The summed E-state index contributed by atoms with van der Waals surface area (Å²) in [5.41, 5.74) is 0.580. The Morgan fingerprint density at radius 3 is 2.88 bits per heavy atom. The van der Waals surface area contributed by atoms with Crippen molar-refractivity contribution < 1.29 is 0 Å². The number of aromatic nitrogens is 1. The molecule has 1 aromatic rings. The highest BCUT2D eigenvalue weighted by Gasteiger charge is 2.24. The van der Waals surface area contributed by atoms with E-state index in [9.17, 15) is 0 Å². The minimum absolute atomic E-state index is 0.399. The fourth-order valence-corrected chi connectivity index (χ4v) is 2.10. The molecule has 1 aliphatic rings. The Balaban J connectivity index is 2.21. The van der Waals surface area contributed by atoms with Crippen LogP contribution in [0.1, 0.15) is 31.7 Å². The van der Waals surface area contributed by atoms with E-state index in [1.54, 1.807) is 6.07 Å². The van der Waals surface area contributed by atoms with Crippen LogP contribution in [0.15, 0.2) is 12.1 Å². The van der Waals surface area contributed by atoms with E-state index >= 15 is 0 Å². The number of hydrogen-bond acceptors (Lipinski definition) is 3. The smallest absolute Gasteiger partial charge is 0.132 e. The minimum Gasteiger partial charge on any atom is -0.356 e. The first-order valence-corrected chi connectivity index (χ1v) is 6.43. The zero-order valence-electron chi connectivity index (χ0n) is 9.99. The molecule has 0 atom stereocenters. The predicted octanol–water partition coefficient (Wildman–Crippen LogP) is 3.23. The van der Waals surface area contributed by atoms with Gasteiger partial charge in [-0.2, -0.15) is 5.26 Å². The van der Waals surface area contributed by atoms with Crippen molar-refractivity contribution in [2.45, 2.75) is 26.2 Å². The van der Waals surface area contributed by atoms with Gasteiger partial charge in [-0.15, -0.1) is 0 Å². The fraction of sp³-hybridized carbons (Fsp3) is 0.538. The number of hydrogen-bond donors (Lipinski definition) is 0. The average Bonchev–Trinajstić information content (AvgIpc) is 3.11. The Hall–Kier alpha value is -1.27. The summed E-state index contributed by atoms with van der Waals surface area (Å²) in [4.78, 5) is 6.56. The highest BCUT2D eigenvalue weighted by atomic mass is 35.5. The van der Waals surface area contributed by atoms with Gasteiger partial charge in [-0.05, 0) is 37.3 Å². The molecule has 0 radical (unpaired) electrons. The van der Waals surface area contributed by atoms with Crippen LogP contribution in [0.5, 0.6) is 0 Å². The molecule has 0 N–H and O–H groups in total. The molecule has 1 fully saturated rings. The van der Waals surface area contributed by atoms with Crippen molar-refractivity contribution in [2.24, 2.45) is 5.92 Å². The van der Waals surface area contributed by atoms with E-state index in [4.69, 9.17) is 16.9 Å². The molecule has 0 spiro atoms. The monoisotopic (exact) mass is 249 g/mol.